The van der Waals surface area contributed by atoms with E-state index in [2.05, 4.69) is 15.6 Å². The molecule has 0 saturated heterocycles. The highest BCUT2D eigenvalue weighted by Crippen LogP contribution is 2.18. The van der Waals surface area contributed by atoms with Gasteiger partial charge in [-0.2, -0.15) is 0 Å². The molecule has 102 valence electrons. The van der Waals surface area contributed by atoms with E-state index in [4.69, 9.17) is 0 Å². The molecule has 0 aromatic carbocycles. The number of hydrogen-bond acceptors (Lipinski definition) is 4. The Bertz CT molecular complexity index is 429. The summed E-state index contributed by atoms with van der Waals surface area (Å²) in [7, 11) is -0.963. The predicted octanol–water partition coefficient (Wildman–Crippen LogP) is 1.97. The molecular weight excluding hydrogens is 260 g/mol. The molecule has 7 heteroatoms. The van der Waals surface area contributed by atoms with Crippen LogP contribution in [0.25, 0.3) is 0 Å². The summed E-state index contributed by atoms with van der Waals surface area (Å²) in [5, 5.41) is 5.48. The highest BCUT2D eigenvalue weighted by Gasteiger charge is 2.11. The fourth-order valence-electron chi connectivity index (χ4n) is 1.27. The molecule has 1 rings (SSSR count). The van der Waals surface area contributed by atoms with Gasteiger partial charge in [-0.05, 0) is 6.42 Å². The minimum atomic E-state index is -0.963. The smallest absolute Gasteiger partial charge is 0.168 e. The van der Waals surface area contributed by atoms with Crippen molar-refractivity contribution < 1.29 is 13.0 Å². The van der Waals surface area contributed by atoms with Crippen molar-refractivity contribution in [2.75, 3.05) is 35.7 Å². The van der Waals surface area contributed by atoms with Crippen LogP contribution in [-0.4, -0.2) is 34.3 Å². The van der Waals surface area contributed by atoms with Gasteiger partial charge in [0.05, 0.1) is 0 Å². The first-order chi connectivity index (χ1) is 8.54. The monoisotopic (exact) mass is 277 g/mol. The average molecular weight is 277 g/mol. The van der Waals surface area contributed by atoms with Crippen LogP contribution >= 0.6 is 0 Å². The SMILES string of the molecule is CCCNc1nc(NCCS(C)=O)c(F)cc1F. The Kier molecular flexibility index (Phi) is 5.97. The van der Waals surface area contributed by atoms with Gasteiger partial charge in [-0.15, -0.1) is 0 Å². The Morgan fingerprint density at radius 2 is 1.78 bits per heavy atom. The zero-order valence-electron chi connectivity index (χ0n) is 10.4. The molecule has 0 fully saturated rings. The van der Waals surface area contributed by atoms with Crippen LogP contribution < -0.4 is 10.6 Å². The molecule has 0 amide bonds. The molecule has 1 aromatic rings. The first-order valence-electron chi connectivity index (χ1n) is 5.68. The number of hydrogen-bond donors (Lipinski definition) is 2. The van der Waals surface area contributed by atoms with Gasteiger partial charge in [-0.25, -0.2) is 13.8 Å². The van der Waals surface area contributed by atoms with Gasteiger partial charge in [0.2, 0.25) is 0 Å². The Morgan fingerprint density at radius 3 is 2.28 bits per heavy atom. The molecule has 0 bridgehead atoms. The molecule has 1 aromatic heterocycles. The number of pyridine rings is 1. The summed E-state index contributed by atoms with van der Waals surface area (Å²) in [6, 6.07) is 0.788. The van der Waals surface area contributed by atoms with E-state index < -0.39 is 22.4 Å². The molecule has 0 radical (unpaired) electrons. The molecule has 2 N–H and O–H groups in total. The minimum Gasteiger partial charge on any atom is -0.368 e. The number of rotatable bonds is 7. The fourth-order valence-corrected chi connectivity index (χ4v) is 1.66. The van der Waals surface area contributed by atoms with Crippen molar-refractivity contribution in [3.63, 3.8) is 0 Å². The normalized spacial score (nSPS) is 12.2. The van der Waals surface area contributed by atoms with Crippen molar-refractivity contribution in [1.29, 1.82) is 0 Å². The molecule has 0 saturated carbocycles. The summed E-state index contributed by atoms with van der Waals surface area (Å²) in [6.45, 7) is 2.82. The lowest BCUT2D eigenvalue weighted by Crippen LogP contribution is -2.14. The van der Waals surface area contributed by atoms with Gasteiger partial charge in [-0.1, -0.05) is 6.92 Å². The first-order valence-corrected chi connectivity index (χ1v) is 7.41. The molecule has 1 heterocycles. The summed E-state index contributed by atoms with van der Waals surface area (Å²) < 4.78 is 37.6. The molecule has 18 heavy (non-hydrogen) atoms. The summed E-state index contributed by atoms with van der Waals surface area (Å²) >= 11 is 0. The average Bonchev–Trinajstić information content (AvgIpc) is 2.30. The van der Waals surface area contributed by atoms with Gasteiger partial charge in [0.15, 0.2) is 23.3 Å². The van der Waals surface area contributed by atoms with Crippen LogP contribution in [0, 0.1) is 11.6 Å². The van der Waals surface area contributed by atoms with Crippen molar-refractivity contribution in [3.8, 4) is 0 Å². The van der Waals surface area contributed by atoms with Crippen LogP contribution in [0.5, 0.6) is 0 Å². The van der Waals surface area contributed by atoms with E-state index in [1.54, 1.807) is 6.26 Å². The van der Waals surface area contributed by atoms with E-state index >= 15 is 0 Å². The third kappa shape index (κ3) is 4.56. The summed E-state index contributed by atoms with van der Waals surface area (Å²) in [5.41, 5.74) is 0. The number of aromatic nitrogens is 1. The van der Waals surface area contributed by atoms with Gasteiger partial charge < -0.3 is 10.6 Å². The maximum Gasteiger partial charge on any atom is 0.168 e. The van der Waals surface area contributed by atoms with E-state index in [1.807, 2.05) is 6.92 Å². The number of nitrogens with zero attached hydrogens (tertiary/aromatic N) is 1. The second-order valence-electron chi connectivity index (χ2n) is 3.78. The van der Waals surface area contributed by atoms with Crippen molar-refractivity contribution in [2.45, 2.75) is 13.3 Å². The quantitative estimate of drug-likeness (QED) is 0.800. The zero-order chi connectivity index (χ0) is 13.5. The lowest BCUT2D eigenvalue weighted by Gasteiger charge is -2.10. The van der Waals surface area contributed by atoms with Crippen LogP contribution in [0.15, 0.2) is 6.07 Å². The van der Waals surface area contributed by atoms with E-state index in [1.165, 1.54) is 0 Å². The van der Waals surface area contributed by atoms with Gasteiger partial charge >= 0.3 is 0 Å². The number of halogens is 2. The van der Waals surface area contributed by atoms with E-state index in [0.717, 1.165) is 12.5 Å². The van der Waals surface area contributed by atoms with Crippen LogP contribution in [0.2, 0.25) is 0 Å². The van der Waals surface area contributed by atoms with Gasteiger partial charge in [0.25, 0.3) is 0 Å². The first kappa shape index (κ1) is 14.8. The second kappa shape index (κ2) is 7.25. The molecule has 0 aliphatic heterocycles. The molecule has 1 unspecified atom stereocenters. The van der Waals surface area contributed by atoms with Gasteiger partial charge in [0.1, 0.15) is 0 Å². The van der Waals surface area contributed by atoms with Crippen molar-refractivity contribution in [2.24, 2.45) is 0 Å². The van der Waals surface area contributed by atoms with Crippen molar-refractivity contribution >= 4 is 22.4 Å². The van der Waals surface area contributed by atoms with Crippen LogP contribution in [-0.2, 0) is 10.8 Å². The summed E-state index contributed by atoms with van der Waals surface area (Å²) in [4.78, 5) is 3.84. The highest BCUT2D eigenvalue weighted by atomic mass is 32.2. The molecule has 4 nitrogen and oxygen atoms in total. The Balaban J connectivity index is 2.74. The topological polar surface area (TPSA) is 54.0 Å². The maximum atomic E-state index is 13.4. The number of nitrogens with one attached hydrogen (secondary N) is 2. The van der Waals surface area contributed by atoms with Crippen LogP contribution in [0.4, 0.5) is 20.4 Å². The highest BCUT2D eigenvalue weighted by molar-refractivity contribution is 7.84. The number of anilines is 2. The third-order valence-corrected chi connectivity index (χ3v) is 2.93. The molecular formula is C11H17F2N3OS. The molecule has 0 aliphatic rings. The van der Waals surface area contributed by atoms with E-state index in [9.17, 15) is 13.0 Å². The van der Waals surface area contributed by atoms with Gasteiger partial charge in [-0.3, -0.25) is 4.21 Å². The zero-order valence-corrected chi connectivity index (χ0v) is 11.2. The lowest BCUT2D eigenvalue weighted by molar-refractivity contribution is 0.578. The second-order valence-corrected chi connectivity index (χ2v) is 5.33. The van der Waals surface area contributed by atoms with Crippen molar-refractivity contribution in [1.82, 2.24) is 4.98 Å². The third-order valence-electron chi connectivity index (χ3n) is 2.15. The Morgan fingerprint density at radius 1 is 1.22 bits per heavy atom. The molecule has 0 aliphatic carbocycles. The molecule has 0 spiro atoms. The molecule has 1 atom stereocenters. The van der Waals surface area contributed by atoms with Crippen molar-refractivity contribution in [3.05, 3.63) is 17.7 Å². The fraction of sp³-hybridized carbons (Fsp3) is 0.545. The van der Waals surface area contributed by atoms with Gasteiger partial charge in [0, 0.05) is 42.0 Å². The summed E-state index contributed by atoms with van der Waals surface area (Å²) in [5.74, 6) is -1.09. The predicted molar refractivity (Wildman–Crippen MR) is 70.4 cm³/mol. The Labute approximate surface area is 108 Å². The van der Waals surface area contributed by atoms with Crippen LogP contribution in [0.1, 0.15) is 13.3 Å². The lowest BCUT2D eigenvalue weighted by atomic mass is 10.3. The van der Waals surface area contributed by atoms with E-state index in [-0.39, 0.29) is 11.6 Å². The standard InChI is InChI=1S/C11H17F2N3OS/c1-3-4-14-10-8(12)7-9(13)11(16-10)15-5-6-18(2)17/h7H,3-6H2,1-2H3,(H2,14,15,16). The van der Waals surface area contributed by atoms with Crippen LogP contribution in [0.3, 0.4) is 0 Å². The van der Waals surface area contributed by atoms with E-state index in [0.29, 0.717) is 18.8 Å². The summed E-state index contributed by atoms with van der Waals surface area (Å²) in [6.07, 6.45) is 2.38. The Hall–Kier alpha value is -1.24. The maximum absolute atomic E-state index is 13.4. The minimum absolute atomic E-state index is 0.0263. The largest absolute Gasteiger partial charge is 0.368 e.